The molecule has 1 aliphatic carbocycles. The smallest absolute Gasteiger partial charge is 0.0998 e. The number of hydrogen-bond acceptors (Lipinski definition) is 1. The van der Waals surface area contributed by atoms with Gasteiger partial charge in [-0.3, -0.25) is 0 Å². The van der Waals surface area contributed by atoms with Crippen LogP contribution in [0.25, 0.3) is 5.69 Å². The van der Waals surface area contributed by atoms with Gasteiger partial charge >= 0.3 is 0 Å². The highest BCUT2D eigenvalue weighted by atomic mass is 15.1. The van der Waals surface area contributed by atoms with Gasteiger partial charge in [0.15, 0.2) is 0 Å². The summed E-state index contributed by atoms with van der Waals surface area (Å²) in [5, 5.41) is 0. The van der Waals surface area contributed by atoms with Crippen LogP contribution in [0, 0.1) is 0 Å². The van der Waals surface area contributed by atoms with Crippen molar-refractivity contribution in [1.82, 2.24) is 9.55 Å². The maximum atomic E-state index is 4.68. The summed E-state index contributed by atoms with van der Waals surface area (Å²) in [5.74, 6) is 0. The monoisotopic (exact) mass is 240 g/mol. The molecule has 1 heterocycles. The summed E-state index contributed by atoms with van der Waals surface area (Å²) in [7, 11) is 0. The second kappa shape index (κ2) is 3.47. The van der Waals surface area contributed by atoms with Crippen molar-refractivity contribution in [3.05, 3.63) is 48.0 Å². The van der Waals surface area contributed by atoms with Crippen LogP contribution in [-0.4, -0.2) is 9.55 Å². The van der Waals surface area contributed by atoms with E-state index in [0.717, 1.165) is 6.42 Å². The van der Waals surface area contributed by atoms with Crippen LogP contribution < -0.4 is 0 Å². The molecule has 1 aromatic carbocycles. The Balaban J connectivity index is 2.23. The molecule has 0 atom stereocenters. The molecule has 18 heavy (non-hydrogen) atoms. The SMILES string of the molecule is CC1(C)CC(C)(C)c2c1ncn2-c1ccccc1. The van der Waals surface area contributed by atoms with Crippen LogP contribution in [0.4, 0.5) is 0 Å². The van der Waals surface area contributed by atoms with E-state index in [4.69, 9.17) is 0 Å². The van der Waals surface area contributed by atoms with Crippen molar-refractivity contribution in [3.8, 4) is 5.69 Å². The Kier molecular flexibility index (Phi) is 2.22. The molecule has 2 heteroatoms. The molecule has 2 aromatic rings. The normalized spacial score (nSPS) is 19.8. The summed E-state index contributed by atoms with van der Waals surface area (Å²) < 4.78 is 2.25. The molecule has 0 saturated carbocycles. The minimum atomic E-state index is 0.179. The van der Waals surface area contributed by atoms with E-state index in [-0.39, 0.29) is 10.8 Å². The van der Waals surface area contributed by atoms with Crippen molar-refractivity contribution in [2.24, 2.45) is 0 Å². The lowest BCUT2D eigenvalue weighted by atomic mass is 9.83. The second-order valence-electron chi connectivity index (χ2n) is 6.59. The van der Waals surface area contributed by atoms with Gasteiger partial charge in [0.25, 0.3) is 0 Å². The van der Waals surface area contributed by atoms with Crippen molar-refractivity contribution in [2.45, 2.75) is 44.9 Å². The molecule has 1 aromatic heterocycles. The molecule has 0 fully saturated rings. The van der Waals surface area contributed by atoms with Gasteiger partial charge < -0.3 is 4.57 Å². The van der Waals surface area contributed by atoms with E-state index in [1.54, 1.807) is 0 Å². The molecular formula is C16H20N2. The fraction of sp³-hybridized carbons (Fsp3) is 0.438. The van der Waals surface area contributed by atoms with Crippen molar-refractivity contribution >= 4 is 0 Å². The minimum absolute atomic E-state index is 0.179. The van der Waals surface area contributed by atoms with Crippen molar-refractivity contribution in [1.29, 1.82) is 0 Å². The Morgan fingerprint density at radius 2 is 1.67 bits per heavy atom. The summed E-state index contributed by atoms with van der Waals surface area (Å²) in [5.41, 5.74) is 4.21. The molecule has 94 valence electrons. The largest absolute Gasteiger partial charge is 0.302 e. The molecule has 0 amide bonds. The van der Waals surface area contributed by atoms with E-state index in [2.05, 4.69) is 67.6 Å². The molecule has 0 saturated heterocycles. The van der Waals surface area contributed by atoms with Crippen LogP contribution in [0.1, 0.15) is 45.5 Å². The molecule has 0 spiro atoms. The highest BCUT2D eigenvalue weighted by Crippen LogP contribution is 2.49. The first kappa shape index (κ1) is 11.5. The van der Waals surface area contributed by atoms with Crippen LogP contribution in [0.2, 0.25) is 0 Å². The average Bonchev–Trinajstić information content (AvgIpc) is 2.80. The van der Waals surface area contributed by atoms with E-state index in [0.29, 0.717) is 0 Å². The Hall–Kier alpha value is -1.57. The van der Waals surface area contributed by atoms with E-state index < -0.39 is 0 Å². The zero-order valence-corrected chi connectivity index (χ0v) is 11.6. The first-order valence-electron chi connectivity index (χ1n) is 6.56. The quantitative estimate of drug-likeness (QED) is 0.740. The fourth-order valence-electron chi connectivity index (χ4n) is 3.55. The van der Waals surface area contributed by atoms with Crippen LogP contribution in [0.3, 0.4) is 0 Å². The maximum absolute atomic E-state index is 4.68. The molecular weight excluding hydrogens is 220 g/mol. The predicted molar refractivity (Wildman–Crippen MR) is 74.2 cm³/mol. The van der Waals surface area contributed by atoms with Crippen molar-refractivity contribution < 1.29 is 0 Å². The highest BCUT2D eigenvalue weighted by molar-refractivity contribution is 5.43. The van der Waals surface area contributed by atoms with Gasteiger partial charge in [0.1, 0.15) is 0 Å². The maximum Gasteiger partial charge on any atom is 0.0998 e. The van der Waals surface area contributed by atoms with Gasteiger partial charge in [-0.15, -0.1) is 0 Å². The van der Waals surface area contributed by atoms with Gasteiger partial charge in [-0.1, -0.05) is 45.9 Å². The minimum Gasteiger partial charge on any atom is -0.302 e. The number of nitrogens with zero attached hydrogens (tertiary/aromatic N) is 2. The zero-order valence-electron chi connectivity index (χ0n) is 11.6. The number of aromatic nitrogens is 2. The average molecular weight is 240 g/mol. The first-order valence-corrected chi connectivity index (χ1v) is 6.56. The Morgan fingerprint density at radius 3 is 2.33 bits per heavy atom. The summed E-state index contributed by atoms with van der Waals surface area (Å²) in [4.78, 5) is 4.68. The molecule has 0 unspecified atom stereocenters. The van der Waals surface area contributed by atoms with Crippen LogP contribution in [-0.2, 0) is 10.8 Å². The van der Waals surface area contributed by atoms with Crippen molar-refractivity contribution in [3.63, 3.8) is 0 Å². The van der Waals surface area contributed by atoms with Crippen molar-refractivity contribution in [2.75, 3.05) is 0 Å². The number of imidazole rings is 1. The number of rotatable bonds is 1. The summed E-state index contributed by atoms with van der Waals surface area (Å²) in [6, 6.07) is 10.5. The number of benzene rings is 1. The van der Waals surface area contributed by atoms with E-state index in [1.807, 2.05) is 6.33 Å². The molecule has 0 aliphatic heterocycles. The number of hydrogen-bond donors (Lipinski definition) is 0. The van der Waals surface area contributed by atoms with E-state index >= 15 is 0 Å². The third-order valence-corrected chi connectivity index (χ3v) is 3.97. The lowest BCUT2D eigenvalue weighted by molar-refractivity contribution is 0.390. The van der Waals surface area contributed by atoms with E-state index in [1.165, 1.54) is 17.1 Å². The molecule has 0 bridgehead atoms. The van der Waals surface area contributed by atoms with Gasteiger partial charge in [-0.2, -0.15) is 0 Å². The zero-order chi connectivity index (χ0) is 13.0. The lowest BCUT2D eigenvalue weighted by Gasteiger charge is -2.24. The molecule has 2 nitrogen and oxygen atoms in total. The molecule has 1 aliphatic rings. The number of fused-ring (bicyclic) bond motifs is 1. The summed E-state index contributed by atoms with van der Waals surface area (Å²) in [6.45, 7) is 9.23. The lowest BCUT2D eigenvalue weighted by Crippen LogP contribution is -2.21. The Morgan fingerprint density at radius 1 is 1.00 bits per heavy atom. The standard InChI is InChI=1S/C16H20N2/c1-15(2)10-16(3,4)14-13(15)17-11-18(14)12-8-6-5-7-9-12/h5-9,11H,10H2,1-4H3. The third-order valence-electron chi connectivity index (χ3n) is 3.97. The van der Waals surface area contributed by atoms with Gasteiger partial charge in [-0.05, 0) is 18.6 Å². The summed E-state index contributed by atoms with van der Waals surface area (Å²) in [6.07, 6.45) is 3.13. The molecule has 0 N–H and O–H groups in total. The topological polar surface area (TPSA) is 17.8 Å². The second-order valence-corrected chi connectivity index (χ2v) is 6.59. The van der Waals surface area contributed by atoms with Gasteiger partial charge in [0, 0.05) is 16.5 Å². The highest BCUT2D eigenvalue weighted by Gasteiger charge is 2.45. The van der Waals surface area contributed by atoms with Gasteiger partial charge in [0.2, 0.25) is 0 Å². The van der Waals surface area contributed by atoms with Crippen LogP contribution in [0.5, 0.6) is 0 Å². The molecule has 0 radical (unpaired) electrons. The van der Waals surface area contributed by atoms with Gasteiger partial charge in [0.05, 0.1) is 17.7 Å². The first-order chi connectivity index (χ1) is 8.42. The van der Waals surface area contributed by atoms with Crippen LogP contribution in [0.15, 0.2) is 36.7 Å². The van der Waals surface area contributed by atoms with Gasteiger partial charge in [-0.25, -0.2) is 4.98 Å². The Bertz CT molecular complexity index is 576. The fourth-order valence-corrected chi connectivity index (χ4v) is 3.55. The predicted octanol–water partition coefficient (Wildman–Crippen LogP) is 3.83. The molecule has 3 rings (SSSR count). The van der Waals surface area contributed by atoms with Crippen LogP contribution >= 0.6 is 0 Å². The Labute approximate surface area is 109 Å². The van der Waals surface area contributed by atoms with E-state index in [9.17, 15) is 0 Å². The number of para-hydroxylation sites is 1. The third kappa shape index (κ3) is 1.52. The summed E-state index contributed by atoms with van der Waals surface area (Å²) >= 11 is 0.